The van der Waals surface area contributed by atoms with Crippen molar-refractivity contribution in [3.05, 3.63) is 35.4 Å². The number of alkyl halides is 3. The lowest BCUT2D eigenvalue weighted by molar-refractivity contribution is -0.137. The largest absolute Gasteiger partial charge is 0.416 e. The van der Waals surface area contributed by atoms with Gasteiger partial charge in [0.05, 0.1) is 5.56 Å². The van der Waals surface area contributed by atoms with E-state index in [9.17, 15) is 13.2 Å². The fraction of sp³-hybridized carbons (Fsp3) is 0.571. The molecule has 0 saturated carbocycles. The second-order valence-electron chi connectivity index (χ2n) is 5.04. The number of rotatable bonds is 3. The highest BCUT2D eigenvalue weighted by atomic mass is 19.4. The van der Waals surface area contributed by atoms with Crippen LogP contribution in [-0.2, 0) is 12.6 Å². The minimum Gasteiger partial charge on any atom is -0.314 e. The molecule has 1 aliphatic heterocycles. The SMILES string of the molecule is CC(Cc1cccc(C(F)(F)F)c1)N1CCNCC1. The van der Waals surface area contributed by atoms with Gasteiger partial charge in [-0.3, -0.25) is 4.90 Å². The lowest BCUT2D eigenvalue weighted by atomic mass is 10.0. The van der Waals surface area contributed by atoms with E-state index in [2.05, 4.69) is 17.1 Å². The van der Waals surface area contributed by atoms with Gasteiger partial charge in [0, 0.05) is 32.2 Å². The van der Waals surface area contributed by atoms with E-state index in [-0.39, 0.29) is 6.04 Å². The Kier molecular flexibility index (Phi) is 4.47. The van der Waals surface area contributed by atoms with Crippen LogP contribution in [0, 0.1) is 0 Å². The Hall–Kier alpha value is -1.07. The molecule has 1 aliphatic rings. The average molecular weight is 272 g/mol. The molecule has 1 N–H and O–H groups in total. The third kappa shape index (κ3) is 3.94. The summed E-state index contributed by atoms with van der Waals surface area (Å²) >= 11 is 0. The Bertz CT molecular complexity index is 411. The Morgan fingerprint density at radius 2 is 1.95 bits per heavy atom. The first-order valence-corrected chi connectivity index (χ1v) is 6.58. The van der Waals surface area contributed by atoms with Gasteiger partial charge in [0.15, 0.2) is 0 Å². The third-order valence-corrected chi connectivity index (χ3v) is 3.56. The molecule has 0 bridgehead atoms. The molecule has 1 atom stereocenters. The van der Waals surface area contributed by atoms with Crippen LogP contribution in [0.15, 0.2) is 24.3 Å². The molecular formula is C14H19F3N2. The summed E-state index contributed by atoms with van der Waals surface area (Å²) in [5.41, 5.74) is 0.193. The van der Waals surface area contributed by atoms with Gasteiger partial charge in [0.25, 0.3) is 0 Å². The van der Waals surface area contributed by atoms with Gasteiger partial charge in [-0.2, -0.15) is 13.2 Å². The number of piperazine rings is 1. The molecule has 0 aromatic heterocycles. The maximum absolute atomic E-state index is 12.6. The second kappa shape index (κ2) is 5.92. The van der Waals surface area contributed by atoms with E-state index in [0.29, 0.717) is 6.42 Å². The summed E-state index contributed by atoms with van der Waals surface area (Å²) in [4.78, 5) is 2.32. The number of benzene rings is 1. The van der Waals surface area contributed by atoms with Gasteiger partial charge in [0.2, 0.25) is 0 Å². The maximum atomic E-state index is 12.6. The Labute approximate surface area is 111 Å². The zero-order valence-electron chi connectivity index (χ0n) is 11.0. The molecule has 19 heavy (non-hydrogen) atoms. The third-order valence-electron chi connectivity index (χ3n) is 3.56. The molecule has 1 heterocycles. The number of hydrogen-bond donors (Lipinski definition) is 1. The molecule has 1 saturated heterocycles. The monoisotopic (exact) mass is 272 g/mol. The molecule has 2 rings (SSSR count). The smallest absolute Gasteiger partial charge is 0.314 e. The molecular weight excluding hydrogens is 253 g/mol. The number of nitrogens with one attached hydrogen (secondary N) is 1. The lowest BCUT2D eigenvalue weighted by Crippen LogP contribution is -2.48. The molecule has 0 spiro atoms. The van der Waals surface area contributed by atoms with Crippen LogP contribution in [0.25, 0.3) is 0 Å². The minimum absolute atomic E-state index is 0.269. The van der Waals surface area contributed by atoms with Crippen molar-refractivity contribution in [1.29, 1.82) is 0 Å². The molecule has 1 aromatic carbocycles. The molecule has 1 unspecified atom stereocenters. The highest BCUT2D eigenvalue weighted by Gasteiger charge is 2.30. The summed E-state index contributed by atoms with van der Waals surface area (Å²) in [6.07, 6.45) is -3.60. The summed E-state index contributed by atoms with van der Waals surface area (Å²) in [5, 5.41) is 3.27. The van der Waals surface area contributed by atoms with Crippen LogP contribution in [0.1, 0.15) is 18.1 Å². The average Bonchev–Trinajstić information content (AvgIpc) is 2.39. The first kappa shape index (κ1) is 14.3. The van der Waals surface area contributed by atoms with E-state index >= 15 is 0 Å². The van der Waals surface area contributed by atoms with Crippen molar-refractivity contribution in [1.82, 2.24) is 10.2 Å². The molecule has 1 aromatic rings. The first-order chi connectivity index (χ1) is 8.97. The Morgan fingerprint density at radius 3 is 2.58 bits per heavy atom. The van der Waals surface area contributed by atoms with E-state index in [4.69, 9.17) is 0 Å². The van der Waals surface area contributed by atoms with Gasteiger partial charge in [-0.05, 0) is 25.0 Å². The van der Waals surface area contributed by atoms with Gasteiger partial charge >= 0.3 is 6.18 Å². The van der Waals surface area contributed by atoms with Crippen molar-refractivity contribution in [3.63, 3.8) is 0 Å². The molecule has 0 radical (unpaired) electrons. The zero-order valence-corrected chi connectivity index (χ0v) is 11.0. The number of hydrogen-bond acceptors (Lipinski definition) is 2. The van der Waals surface area contributed by atoms with Gasteiger partial charge in [-0.1, -0.05) is 18.2 Å². The van der Waals surface area contributed by atoms with E-state index < -0.39 is 11.7 Å². The van der Waals surface area contributed by atoms with Crippen LogP contribution in [0.2, 0.25) is 0 Å². The van der Waals surface area contributed by atoms with E-state index in [1.54, 1.807) is 6.07 Å². The number of nitrogens with zero attached hydrogens (tertiary/aromatic N) is 1. The van der Waals surface area contributed by atoms with Crippen LogP contribution in [0.5, 0.6) is 0 Å². The van der Waals surface area contributed by atoms with Gasteiger partial charge in [0.1, 0.15) is 0 Å². The zero-order chi connectivity index (χ0) is 13.9. The van der Waals surface area contributed by atoms with E-state index in [1.807, 2.05) is 0 Å². The highest BCUT2D eigenvalue weighted by molar-refractivity contribution is 5.26. The van der Waals surface area contributed by atoms with Crippen molar-refractivity contribution in [3.8, 4) is 0 Å². The van der Waals surface area contributed by atoms with Crippen molar-refractivity contribution >= 4 is 0 Å². The minimum atomic E-state index is -4.26. The quantitative estimate of drug-likeness (QED) is 0.909. The predicted molar refractivity (Wildman–Crippen MR) is 69.1 cm³/mol. The fourth-order valence-corrected chi connectivity index (χ4v) is 2.47. The topological polar surface area (TPSA) is 15.3 Å². The van der Waals surface area contributed by atoms with Crippen LogP contribution in [0.3, 0.4) is 0 Å². The van der Waals surface area contributed by atoms with Crippen molar-refractivity contribution in [2.24, 2.45) is 0 Å². The summed E-state index contributed by atoms with van der Waals surface area (Å²) < 4.78 is 37.9. The van der Waals surface area contributed by atoms with E-state index in [0.717, 1.165) is 37.8 Å². The number of halogens is 3. The van der Waals surface area contributed by atoms with Gasteiger partial charge < -0.3 is 5.32 Å². The molecule has 0 aliphatic carbocycles. The Balaban J connectivity index is 2.02. The Morgan fingerprint density at radius 1 is 1.26 bits per heavy atom. The molecule has 5 heteroatoms. The summed E-state index contributed by atoms with van der Waals surface area (Å²) in [6, 6.07) is 5.92. The molecule has 0 amide bonds. The van der Waals surface area contributed by atoms with Crippen molar-refractivity contribution < 1.29 is 13.2 Å². The van der Waals surface area contributed by atoms with Crippen LogP contribution in [0.4, 0.5) is 13.2 Å². The molecule has 106 valence electrons. The van der Waals surface area contributed by atoms with Gasteiger partial charge in [-0.25, -0.2) is 0 Å². The maximum Gasteiger partial charge on any atom is 0.416 e. The lowest BCUT2D eigenvalue weighted by Gasteiger charge is -2.33. The van der Waals surface area contributed by atoms with Crippen molar-refractivity contribution in [2.45, 2.75) is 25.6 Å². The van der Waals surface area contributed by atoms with Crippen LogP contribution < -0.4 is 5.32 Å². The van der Waals surface area contributed by atoms with Crippen molar-refractivity contribution in [2.75, 3.05) is 26.2 Å². The first-order valence-electron chi connectivity index (χ1n) is 6.58. The summed E-state index contributed by atoms with van der Waals surface area (Å²) in [6.45, 7) is 5.89. The second-order valence-corrected chi connectivity index (χ2v) is 5.04. The van der Waals surface area contributed by atoms with Crippen LogP contribution >= 0.6 is 0 Å². The summed E-state index contributed by atoms with van der Waals surface area (Å²) in [7, 11) is 0. The van der Waals surface area contributed by atoms with E-state index in [1.165, 1.54) is 12.1 Å². The van der Waals surface area contributed by atoms with Crippen LogP contribution in [-0.4, -0.2) is 37.1 Å². The molecule has 2 nitrogen and oxygen atoms in total. The fourth-order valence-electron chi connectivity index (χ4n) is 2.47. The predicted octanol–water partition coefficient (Wildman–Crippen LogP) is 2.54. The normalized spacial score (nSPS) is 19.4. The standard InChI is InChI=1S/C14H19F3N2/c1-11(19-7-5-18-6-8-19)9-12-3-2-4-13(10-12)14(15,16)17/h2-4,10-11,18H,5-9H2,1H3. The molecule has 1 fully saturated rings. The highest BCUT2D eigenvalue weighted by Crippen LogP contribution is 2.29. The van der Waals surface area contributed by atoms with Gasteiger partial charge in [-0.15, -0.1) is 0 Å². The summed E-state index contributed by atoms with van der Waals surface area (Å²) in [5.74, 6) is 0.